The van der Waals surface area contributed by atoms with Gasteiger partial charge in [0.25, 0.3) is 0 Å². The van der Waals surface area contributed by atoms with Gasteiger partial charge in [-0.1, -0.05) is 42.8 Å². The molecule has 3 rings (SSSR count). The second kappa shape index (κ2) is 8.97. The molecule has 5 nitrogen and oxygen atoms in total. The molecule has 0 aliphatic carbocycles. The van der Waals surface area contributed by atoms with Crippen molar-refractivity contribution in [1.29, 1.82) is 0 Å². The molecule has 0 aliphatic rings. The number of halogens is 1. The van der Waals surface area contributed by atoms with E-state index >= 15 is 0 Å². The average molecular weight is 409 g/mol. The van der Waals surface area contributed by atoms with Gasteiger partial charge in [0.15, 0.2) is 0 Å². The highest BCUT2D eigenvalue weighted by molar-refractivity contribution is 6.30. The van der Waals surface area contributed by atoms with Crippen molar-refractivity contribution in [2.45, 2.75) is 34.1 Å². The summed E-state index contributed by atoms with van der Waals surface area (Å²) >= 11 is 5.93. The summed E-state index contributed by atoms with van der Waals surface area (Å²) in [5, 5.41) is 7.35. The van der Waals surface area contributed by atoms with Gasteiger partial charge in [0.1, 0.15) is 0 Å². The monoisotopic (exact) mass is 408 g/mol. The van der Waals surface area contributed by atoms with Crippen molar-refractivity contribution in [2.75, 3.05) is 5.32 Å². The first-order valence-corrected chi connectivity index (χ1v) is 9.92. The van der Waals surface area contributed by atoms with E-state index in [4.69, 9.17) is 11.6 Å². The summed E-state index contributed by atoms with van der Waals surface area (Å²) in [6.45, 7) is 8.43. The summed E-state index contributed by atoms with van der Waals surface area (Å²) in [4.78, 5) is 12.0. The largest absolute Gasteiger partial charge is 0.339 e. The molecule has 2 amide bonds. The molecule has 6 heteroatoms. The molecule has 0 unspecified atom stereocenters. The predicted molar refractivity (Wildman–Crippen MR) is 121 cm³/mol. The highest BCUT2D eigenvalue weighted by atomic mass is 35.5. The van der Waals surface area contributed by atoms with Gasteiger partial charge in [-0.3, -0.25) is 0 Å². The molecule has 2 aromatic carbocycles. The Morgan fingerprint density at radius 1 is 1.14 bits per heavy atom. The van der Waals surface area contributed by atoms with Crippen molar-refractivity contribution in [2.24, 2.45) is 5.10 Å². The van der Waals surface area contributed by atoms with Crippen LogP contribution in [0.15, 0.2) is 53.6 Å². The quantitative estimate of drug-likeness (QED) is 0.408. The summed E-state index contributed by atoms with van der Waals surface area (Å²) in [5.74, 6) is 0. The van der Waals surface area contributed by atoms with Crippen molar-refractivity contribution in [3.63, 3.8) is 0 Å². The third-order valence-electron chi connectivity index (χ3n) is 4.85. The zero-order valence-corrected chi connectivity index (χ0v) is 17.8. The SMILES string of the molecule is CCc1cccc(C)c1-n1c(C)cc(/C=N/NC(=O)Nc2cccc(Cl)c2)c1C. The standard InChI is InChI=1S/C23H25ClN4O/c1-5-18-9-6-8-15(2)22(18)28-16(3)12-19(17(28)4)14-25-27-23(29)26-21-11-7-10-20(24)13-21/h6-14H,5H2,1-4H3,(H2,26,27,29)/b25-14+. The van der Waals surface area contributed by atoms with Crippen molar-refractivity contribution in [3.05, 3.63) is 81.6 Å². The Bertz CT molecular complexity index is 1070. The van der Waals surface area contributed by atoms with Gasteiger partial charge < -0.3 is 9.88 Å². The van der Waals surface area contributed by atoms with Crippen LogP contribution in [0.1, 0.15) is 35.0 Å². The summed E-state index contributed by atoms with van der Waals surface area (Å²) in [7, 11) is 0. The van der Waals surface area contributed by atoms with Crippen LogP contribution in [0.2, 0.25) is 5.02 Å². The predicted octanol–water partition coefficient (Wildman–Crippen LogP) is 5.77. The van der Waals surface area contributed by atoms with Crippen LogP contribution in [0.4, 0.5) is 10.5 Å². The first kappa shape index (κ1) is 20.7. The normalized spacial score (nSPS) is 11.1. The molecular weight excluding hydrogens is 384 g/mol. The van der Waals surface area contributed by atoms with Gasteiger partial charge in [-0.15, -0.1) is 0 Å². The lowest BCUT2D eigenvalue weighted by Crippen LogP contribution is -2.24. The van der Waals surface area contributed by atoms with Crippen molar-refractivity contribution in [3.8, 4) is 5.69 Å². The smallest absolute Gasteiger partial charge is 0.317 e. The number of benzene rings is 2. The van der Waals surface area contributed by atoms with Crippen LogP contribution < -0.4 is 10.7 Å². The van der Waals surface area contributed by atoms with E-state index in [1.54, 1.807) is 30.5 Å². The number of nitrogens with one attached hydrogen (secondary N) is 2. The fourth-order valence-corrected chi connectivity index (χ4v) is 3.66. The maximum atomic E-state index is 12.0. The molecule has 0 saturated heterocycles. The molecule has 2 N–H and O–H groups in total. The summed E-state index contributed by atoms with van der Waals surface area (Å²) in [6.07, 6.45) is 2.63. The fraction of sp³-hybridized carbons (Fsp3) is 0.217. The lowest BCUT2D eigenvalue weighted by Gasteiger charge is -2.17. The van der Waals surface area contributed by atoms with Crippen LogP contribution in [0, 0.1) is 20.8 Å². The molecule has 0 spiro atoms. The van der Waals surface area contributed by atoms with E-state index in [0.717, 1.165) is 23.4 Å². The zero-order chi connectivity index (χ0) is 21.0. The van der Waals surface area contributed by atoms with Gasteiger partial charge in [-0.2, -0.15) is 5.10 Å². The number of urea groups is 1. The number of nitrogens with zero attached hydrogens (tertiary/aromatic N) is 2. The Kier molecular flexibility index (Phi) is 6.39. The molecule has 0 fully saturated rings. The van der Waals surface area contributed by atoms with E-state index in [-0.39, 0.29) is 0 Å². The van der Waals surface area contributed by atoms with E-state index in [2.05, 4.69) is 72.4 Å². The highest BCUT2D eigenvalue weighted by Crippen LogP contribution is 2.26. The maximum absolute atomic E-state index is 12.0. The van der Waals surface area contributed by atoms with E-state index in [1.807, 2.05) is 0 Å². The lowest BCUT2D eigenvalue weighted by molar-refractivity contribution is 0.252. The second-order valence-electron chi connectivity index (χ2n) is 6.93. The topological polar surface area (TPSA) is 58.4 Å². The maximum Gasteiger partial charge on any atom is 0.339 e. The molecule has 150 valence electrons. The number of para-hydroxylation sites is 1. The van der Waals surface area contributed by atoms with E-state index in [1.165, 1.54) is 16.8 Å². The van der Waals surface area contributed by atoms with Crippen LogP contribution in [0.5, 0.6) is 0 Å². The van der Waals surface area contributed by atoms with E-state index in [9.17, 15) is 4.79 Å². The van der Waals surface area contributed by atoms with Crippen LogP contribution in [0.25, 0.3) is 5.69 Å². The number of carbonyl (C=O) groups is 1. The number of aromatic nitrogens is 1. The molecule has 0 bridgehead atoms. The third-order valence-corrected chi connectivity index (χ3v) is 5.08. The minimum atomic E-state index is -0.426. The second-order valence-corrected chi connectivity index (χ2v) is 7.37. The number of hydrogen-bond donors (Lipinski definition) is 2. The van der Waals surface area contributed by atoms with Crippen molar-refractivity contribution in [1.82, 2.24) is 9.99 Å². The van der Waals surface area contributed by atoms with Crippen molar-refractivity contribution >= 4 is 29.5 Å². The molecule has 0 radical (unpaired) electrons. The first-order valence-electron chi connectivity index (χ1n) is 9.54. The Balaban J connectivity index is 1.78. The number of aryl methyl sites for hydroxylation is 3. The number of amides is 2. The zero-order valence-electron chi connectivity index (χ0n) is 17.1. The Morgan fingerprint density at radius 3 is 2.62 bits per heavy atom. The number of hydrazone groups is 1. The Hall–Kier alpha value is -3.05. The number of carbonyl (C=O) groups excluding carboxylic acids is 1. The average Bonchev–Trinajstić information content (AvgIpc) is 2.95. The van der Waals surface area contributed by atoms with Crippen LogP contribution in [-0.2, 0) is 6.42 Å². The van der Waals surface area contributed by atoms with Gasteiger partial charge in [-0.25, -0.2) is 10.2 Å². The summed E-state index contributed by atoms with van der Waals surface area (Å²) < 4.78 is 2.25. The highest BCUT2D eigenvalue weighted by Gasteiger charge is 2.14. The molecular formula is C23H25ClN4O. The lowest BCUT2D eigenvalue weighted by atomic mass is 10.1. The molecule has 3 aromatic rings. The summed E-state index contributed by atoms with van der Waals surface area (Å²) in [5.41, 5.74) is 10.0. The van der Waals surface area contributed by atoms with Crippen LogP contribution in [-0.4, -0.2) is 16.8 Å². The minimum absolute atomic E-state index is 0.426. The minimum Gasteiger partial charge on any atom is -0.317 e. The Labute approximate surface area is 176 Å². The number of anilines is 1. The van der Waals surface area contributed by atoms with E-state index in [0.29, 0.717) is 10.7 Å². The van der Waals surface area contributed by atoms with Gasteiger partial charge >= 0.3 is 6.03 Å². The summed E-state index contributed by atoms with van der Waals surface area (Å²) in [6, 6.07) is 15.0. The number of rotatable bonds is 5. The first-order chi connectivity index (χ1) is 13.9. The van der Waals surface area contributed by atoms with Crippen LogP contribution in [0.3, 0.4) is 0 Å². The van der Waals surface area contributed by atoms with Crippen LogP contribution >= 0.6 is 11.6 Å². The fourth-order valence-electron chi connectivity index (χ4n) is 3.47. The molecule has 0 saturated carbocycles. The van der Waals surface area contributed by atoms with E-state index < -0.39 is 6.03 Å². The molecule has 1 heterocycles. The Morgan fingerprint density at radius 2 is 1.90 bits per heavy atom. The third kappa shape index (κ3) is 4.69. The molecule has 1 aromatic heterocycles. The molecule has 0 atom stereocenters. The molecule has 0 aliphatic heterocycles. The van der Waals surface area contributed by atoms with Gasteiger partial charge in [0, 0.05) is 27.7 Å². The van der Waals surface area contributed by atoms with Gasteiger partial charge in [-0.05, 0) is 62.6 Å². The number of hydrogen-bond acceptors (Lipinski definition) is 2. The van der Waals surface area contributed by atoms with Gasteiger partial charge in [0.05, 0.1) is 11.9 Å². The van der Waals surface area contributed by atoms with Crippen molar-refractivity contribution < 1.29 is 4.79 Å². The molecule has 29 heavy (non-hydrogen) atoms. The van der Waals surface area contributed by atoms with Gasteiger partial charge in [0.2, 0.25) is 0 Å².